The molecule has 1 aliphatic rings. The largest absolute Gasteiger partial charge is 0.494 e. The molecule has 1 aromatic heterocycles. The third kappa shape index (κ3) is 5.51. The average Bonchev–Trinajstić information content (AvgIpc) is 3.26. The molecule has 6 nitrogen and oxygen atoms in total. The van der Waals surface area contributed by atoms with Gasteiger partial charge in [-0.25, -0.2) is 0 Å². The molecule has 1 atom stereocenters. The van der Waals surface area contributed by atoms with Gasteiger partial charge < -0.3 is 23.7 Å². The number of nitrogens with zero attached hydrogens (tertiary/aromatic N) is 2. The Hall–Kier alpha value is -2.19. The molecule has 1 aromatic carbocycles. The normalized spacial score (nSPS) is 19.1. The number of ether oxygens (including phenoxy) is 1. The second kappa shape index (κ2) is 10.9. The lowest BCUT2D eigenvalue weighted by Gasteiger charge is -2.32. The average molecular weight is 509 g/mol. The maximum absolute atomic E-state index is 10.2. The van der Waals surface area contributed by atoms with Crippen molar-refractivity contribution in [3.63, 3.8) is 0 Å². The SMILES string of the molecule is C=C/C(=C(\N=CC)[C@H](C)OC)c1c(CC(C)(C)CO)c2cc(B3OC(C)(C)C(C)(C)O3)ccc2n1CC. The summed E-state index contributed by atoms with van der Waals surface area (Å²) in [6.45, 7) is 23.5. The third-order valence-electron chi connectivity index (χ3n) is 7.86. The van der Waals surface area contributed by atoms with E-state index in [9.17, 15) is 5.11 Å². The number of hydrogen-bond acceptors (Lipinski definition) is 5. The first-order valence-electron chi connectivity index (χ1n) is 13.3. The summed E-state index contributed by atoms with van der Waals surface area (Å²) in [6.07, 6.45) is 4.13. The summed E-state index contributed by atoms with van der Waals surface area (Å²) < 4.78 is 20.8. The molecule has 1 aliphatic heterocycles. The zero-order chi connectivity index (χ0) is 27.8. The maximum atomic E-state index is 10.2. The first-order valence-corrected chi connectivity index (χ1v) is 13.3. The highest BCUT2D eigenvalue weighted by Gasteiger charge is 2.51. The molecule has 0 bridgehead atoms. The van der Waals surface area contributed by atoms with E-state index in [1.54, 1.807) is 13.3 Å². The zero-order valence-corrected chi connectivity index (χ0v) is 24.4. The van der Waals surface area contributed by atoms with E-state index in [0.29, 0.717) is 6.42 Å². The number of methoxy groups -OCH3 is 1. The van der Waals surface area contributed by atoms with Crippen molar-refractivity contribution < 1.29 is 19.2 Å². The fourth-order valence-electron chi connectivity index (χ4n) is 4.88. The Morgan fingerprint density at radius 2 is 1.86 bits per heavy atom. The summed E-state index contributed by atoms with van der Waals surface area (Å²) in [6, 6.07) is 6.45. The number of aliphatic imine (C=N–C) groups is 1. The lowest BCUT2D eigenvalue weighted by Crippen LogP contribution is -2.41. The van der Waals surface area contributed by atoms with Crippen LogP contribution < -0.4 is 5.46 Å². The second-order valence-electron chi connectivity index (χ2n) is 11.7. The molecular weight excluding hydrogens is 463 g/mol. The first kappa shape index (κ1) is 29.4. The molecule has 7 heteroatoms. The molecular formula is C30H45BN2O4. The summed E-state index contributed by atoms with van der Waals surface area (Å²) >= 11 is 0. The molecule has 0 unspecified atom stereocenters. The number of aromatic nitrogens is 1. The van der Waals surface area contributed by atoms with E-state index >= 15 is 0 Å². The van der Waals surface area contributed by atoms with Crippen LogP contribution in [0.15, 0.2) is 41.5 Å². The molecule has 0 spiro atoms. The number of rotatable bonds is 10. The maximum Gasteiger partial charge on any atom is 0.494 e. The van der Waals surface area contributed by atoms with Gasteiger partial charge in [-0.05, 0) is 77.4 Å². The summed E-state index contributed by atoms with van der Waals surface area (Å²) in [5.41, 5.74) is 4.91. The van der Waals surface area contributed by atoms with Gasteiger partial charge in [0.1, 0.15) is 0 Å². The van der Waals surface area contributed by atoms with Crippen molar-refractivity contribution in [3.05, 3.63) is 47.8 Å². The van der Waals surface area contributed by atoms with E-state index in [0.717, 1.165) is 45.4 Å². The van der Waals surface area contributed by atoms with Gasteiger partial charge in [0.2, 0.25) is 0 Å². The Morgan fingerprint density at radius 3 is 2.35 bits per heavy atom. The van der Waals surface area contributed by atoms with Gasteiger partial charge >= 0.3 is 7.12 Å². The van der Waals surface area contributed by atoms with Crippen LogP contribution in [-0.4, -0.2) is 54.0 Å². The van der Waals surface area contributed by atoms with Gasteiger partial charge in [-0.1, -0.05) is 38.6 Å². The van der Waals surface area contributed by atoms with E-state index in [1.165, 1.54) is 0 Å². The number of allylic oxidation sites excluding steroid dienone is 2. The topological polar surface area (TPSA) is 65.2 Å². The van der Waals surface area contributed by atoms with E-state index in [4.69, 9.17) is 19.0 Å². The van der Waals surface area contributed by atoms with Gasteiger partial charge in [0.25, 0.3) is 0 Å². The molecule has 0 aliphatic carbocycles. The van der Waals surface area contributed by atoms with Crippen LogP contribution in [-0.2, 0) is 27.0 Å². The van der Waals surface area contributed by atoms with Gasteiger partial charge in [-0.2, -0.15) is 0 Å². The number of aliphatic hydroxyl groups is 1. The van der Waals surface area contributed by atoms with Crippen LogP contribution in [0.25, 0.3) is 16.5 Å². The molecule has 0 amide bonds. The number of hydrogen-bond donors (Lipinski definition) is 1. The number of aryl methyl sites for hydroxylation is 1. The van der Waals surface area contributed by atoms with Crippen LogP contribution in [0, 0.1) is 5.41 Å². The summed E-state index contributed by atoms with van der Waals surface area (Å²) in [7, 11) is 1.24. The summed E-state index contributed by atoms with van der Waals surface area (Å²) in [5.74, 6) is 0. The highest BCUT2D eigenvalue weighted by Crippen LogP contribution is 2.39. The molecule has 2 heterocycles. The van der Waals surface area contributed by atoms with Crippen molar-refractivity contribution in [1.82, 2.24) is 4.57 Å². The lowest BCUT2D eigenvalue weighted by atomic mass is 9.77. The van der Waals surface area contributed by atoms with Crippen LogP contribution in [0.5, 0.6) is 0 Å². The van der Waals surface area contributed by atoms with Crippen molar-refractivity contribution in [3.8, 4) is 0 Å². The summed E-state index contributed by atoms with van der Waals surface area (Å²) in [4.78, 5) is 4.71. The minimum absolute atomic E-state index is 0.0732. The van der Waals surface area contributed by atoms with Gasteiger partial charge in [-0.3, -0.25) is 4.99 Å². The highest BCUT2D eigenvalue weighted by molar-refractivity contribution is 6.62. The quantitative estimate of drug-likeness (QED) is 0.260. The molecule has 0 saturated carbocycles. The van der Waals surface area contributed by atoms with Crippen molar-refractivity contribution in [2.24, 2.45) is 10.4 Å². The highest BCUT2D eigenvalue weighted by atomic mass is 16.7. The molecule has 202 valence electrons. The van der Waals surface area contributed by atoms with Crippen LogP contribution in [0.4, 0.5) is 0 Å². The van der Waals surface area contributed by atoms with Crippen molar-refractivity contribution in [2.45, 2.75) is 92.6 Å². The van der Waals surface area contributed by atoms with Crippen LogP contribution in [0.3, 0.4) is 0 Å². The zero-order valence-electron chi connectivity index (χ0n) is 24.4. The number of benzene rings is 1. The lowest BCUT2D eigenvalue weighted by molar-refractivity contribution is 0.00578. The van der Waals surface area contributed by atoms with Gasteiger partial charge in [-0.15, -0.1) is 0 Å². The van der Waals surface area contributed by atoms with E-state index in [-0.39, 0.29) is 18.1 Å². The summed E-state index contributed by atoms with van der Waals surface area (Å²) in [5, 5.41) is 11.3. The molecule has 1 saturated heterocycles. The Kier molecular flexibility index (Phi) is 8.65. The van der Waals surface area contributed by atoms with Gasteiger partial charge in [0.05, 0.1) is 28.7 Å². The van der Waals surface area contributed by atoms with Gasteiger partial charge in [0, 0.05) is 43.0 Å². The molecule has 1 N–H and O–H groups in total. The standard InChI is InChI=1S/C30H45BN2O4/c1-12-22(26(32-13-2)20(4)35-11)27-24(18-28(5,6)19-34)23-17-21(15-16-25(23)33(27)14-3)31-36-29(7,8)30(9,10)37-31/h12-13,15-17,20,34H,1,14,18-19H2,2-11H3/b26-22+,32-13?/t20-/m0/s1. The predicted molar refractivity (Wildman–Crippen MR) is 156 cm³/mol. The van der Waals surface area contributed by atoms with Crippen LogP contribution >= 0.6 is 0 Å². The van der Waals surface area contributed by atoms with Crippen molar-refractivity contribution in [1.29, 1.82) is 0 Å². The van der Waals surface area contributed by atoms with E-state index in [1.807, 2.05) is 19.9 Å². The fourth-order valence-corrected chi connectivity index (χ4v) is 4.88. The molecule has 0 radical (unpaired) electrons. The number of fused-ring (bicyclic) bond motifs is 1. The van der Waals surface area contributed by atoms with Crippen molar-refractivity contribution in [2.75, 3.05) is 13.7 Å². The Bertz CT molecular complexity index is 1190. The molecule has 3 rings (SSSR count). The Balaban J connectivity index is 2.37. The van der Waals surface area contributed by atoms with Crippen molar-refractivity contribution >= 4 is 35.3 Å². The van der Waals surface area contributed by atoms with Crippen LogP contribution in [0.2, 0.25) is 0 Å². The Morgan fingerprint density at radius 1 is 1.24 bits per heavy atom. The smallest absolute Gasteiger partial charge is 0.399 e. The monoisotopic (exact) mass is 508 g/mol. The van der Waals surface area contributed by atoms with Crippen LogP contribution in [0.1, 0.15) is 73.6 Å². The fraction of sp³-hybridized carbons (Fsp3) is 0.567. The minimum Gasteiger partial charge on any atom is -0.399 e. The number of aliphatic hydroxyl groups excluding tert-OH is 1. The van der Waals surface area contributed by atoms with E-state index in [2.05, 4.69) is 77.8 Å². The van der Waals surface area contributed by atoms with Gasteiger partial charge in [0.15, 0.2) is 0 Å². The molecule has 37 heavy (non-hydrogen) atoms. The Labute approximate surface area is 223 Å². The molecule has 1 fully saturated rings. The predicted octanol–water partition coefficient (Wildman–Crippen LogP) is 5.54. The minimum atomic E-state index is -0.454. The third-order valence-corrected chi connectivity index (χ3v) is 7.86. The first-order chi connectivity index (χ1) is 17.3. The molecule has 2 aromatic rings. The van der Waals surface area contributed by atoms with E-state index < -0.39 is 18.3 Å². The second-order valence-corrected chi connectivity index (χ2v) is 11.7.